The van der Waals surface area contributed by atoms with Crippen molar-refractivity contribution >= 4 is 18.3 Å². The Morgan fingerprint density at radius 1 is 1.46 bits per heavy atom. The van der Waals surface area contributed by atoms with Crippen molar-refractivity contribution in [1.29, 1.82) is 0 Å². The van der Waals surface area contributed by atoms with Crippen LogP contribution in [0.4, 0.5) is 10.6 Å². The van der Waals surface area contributed by atoms with Gasteiger partial charge in [0.05, 0.1) is 6.04 Å². The van der Waals surface area contributed by atoms with E-state index in [4.69, 9.17) is 4.74 Å². The highest BCUT2D eigenvalue weighted by Crippen LogP contribution is 2.36. The molecule has 0 bridgehead atoms. The van der Waals surface area contributed by atoms with Crippen LogP contribution in [0, 0.1) is 0 Å². The van der Waals surface area contributed by atoms with Crippen LogP contribution in [0.5, 0.6) is 0 Å². The Hall–Kier alpha value is -2.11. The number of pyridine rings is 1. The van der Waals surface area contributed by atoms with E-state index in [1.54, 1.807) is 16.0 Å². The second-order valence-electron chi connectivity index (χ2n) is 7.36. The normalized spacial score (nSPS) is 17.9. The smallest absolute Gasteiger partial charge is 0.416 e. The molecule has 1 aromatic rings. The summed E-state index contributed by atoms with van der Waals surface area (Å²) in [4.78, 5) is 31.8. The molecule has 0 saturated carbocycles. The summed E-state index contributed by atoms with van der Waals surface area (Å²) in [5.41, 5.74) is 0.308. The first-order valence-corrected chi connectivity index (χ1v) is 8.42. The minimum atomic E-state index is -0.582. The highest BCUT2D eigenvalue weighted by Gasteiger charge is 2.33. The average Bonchev–Trinajstić information content (AvgIpc) is 2.94. The topological polar surface area (TPSA) is 62.7 Å². The van der Waals surface area contributed by atoms with Gasteiger partial charge in [0.25, 0.3) is 0 Å². The van der Waals surface area contributed by atoms with E-state index in [2.05, 4.69) is 4.98 Å². The number of amides is 2. The van der Waals surface area contributed by atoms with E-state index in [1.807, 2.05) is 46.8 Å². The Bertz CT molecular complexity index is 595. The molecule has 0 aromatic carbocycles. The average molecular weight is 333 g/mol. The first-order valence-electron chi connectivity index (χ1n) is 8.42. The summed E-state index contributed by atoms with van der Waals surface area (Å²) >= 11 is 0. The van der Waals surface area contributed by atoms with Crippen molar-refractivity contribution in [3.8, 4) is 0 Å². The highest BCUT2D eigenvalue weighted by molar-refractivity contribution is 5.88. The van der Waals surface area contributed by atoms with E-state index in [1.165, 1.54) is 0 Å². The first-order chi connectivity index (χ1) is 11.2. The monoisotopic (exact) mass is 333 g/mol. The zero-order chi connectivity index (χ0) is 17.9. The van der Waals surface area contributed by atoms with E-state index in [-0.39, 0.29) is 12.1 Å². The number of likely N-dealkylation sites (tertiary alicyclic amines) is 1. The molecule has 0 unspecified atom stereocenters. The second kappa shape index (κ2) is 7.20. The highest BCUT2D eigenvalue weighted by atomic mass is 16.6. The van der Waals surface area contributed by atoms with Crippen LogP contribution in [0.15, 0.2) is 18.3 Å². The predicted octanol–water partition coefficient (Wildman–Crippen LogP) is 3.52. The Balaban J connectivity index is 2.41. The molecule has 0 radical (unpaired) electrons. The summed E-state index contributed by atoms with van der Waals surface area (Å²) in [6, 6.07) is 3.62. The molecule has 2 heterocycles. The zero-order valence-electron chi connectivity index (χ0n) is 15.2. The molecule has 2 rings (SSSR count). The van der Waals surface area contributed by atoms with Crippen LogP contribution in [0.25, 0.3) is 0 Å². The molecule has 1 aliphatic rings. The number of hydrogen-bond donors (Lipinski definition) is 0. The maximum atomic E-state index is 12.7. The molecule has 1 aliphatic heterocycles. The van der Waals surface area contributed by atoms with Crippen LogP contribution < -0.4 is 4.90 Å². The van der Waals surface area contributed by atoms with Crippen LogP contribution in [-0.4, -0.2) is 40.6 Å². The fourth-order valence-electron chi connectivity index (χ4n) is 2.97. The van der Waals surface area contributed by atoms with Gasteiger partial charge in [-0.05, 0) is 53.5 Å². The molecule has 1 atom stereocenters. The van der Waals surface area contributed by atoms with Gasteiger partial charge in [-0.25, -0.2) is 9.78 Å². The van der Waals surface area contributed by atoms with Gasteiger partial charge in [0.1, 0.15) is 11.4 Å². The lowest BCUT2D eigenvalue weighted by molar-refractivity contribution is -0.118. The van der Waals surface area contributed by atoms with Crippen molar-refractivity contribution in [2.24, 2.45) is 0 Å². The molecule has 0 aliphatic carbocycles. The minimum Gasteiger partial charge on any atom is -0.443 e. The first kappa shape index (κ1) is 18.2. The van der Waals surface area contributed by atoms with Crippen molar-refractivity contribution in [2.45, 2.75) is 65.1 Å². The van der Waals surface area contributed by atoms with Gasteiger partial charge in [0.15, 0.2) is 0 Å². The lowest BCUT2D eigenvalue weighted by atomic mass is 10.0. The molecule has 24 heavy (non-hydrogen) atoms. The molecule has 0 N–H and O–H groups in total. The maximum Gasteiger partial charge on any atom is 0.416 e. The summed E-state index contributed by atoms with van der Waals surface area (Å²) in [6.07, 6.45) is 3.94. The number of hydrogen-bond acceptors (Lipinski definition) is 4. The van der Waals surface area contributed by atoms with Crippen molar-refractivity contribution in [3.63, 3.8) is 0 Å². The van der Waals surface area contributed by atoms with Crippen LogP contribution in [0.3, 0.4) is 0 Å². The van der Waals surface area contributed by atoms with Crippen LogP contribution in [-0.2, 0) is 9.53 Å². The van der Waals surface area contributed by atoms with Crippen LogP contribution in [0.2, 0.25) is 0 Å². The van der Waals surface area contributed by atoms with E-state index in [0.717, 1.165) is 31.4 Å². The molecule has 132 valence electrons. The van der Waals surface area contributed by atoms with E-state index < -0.39 is 11.7 Å². The van der Waals surface area contributed by atoms with Crippen LogP contribution in [0.1, 0.15) is 59.1 Å². The quantitative estimate of drug-likeness (QED) is 0.791. The molecule has 1 saturated heterocycles. The molecular weight excluding hydrogens is 306 g/mol. The summed E-state index contributed by atoms with van der Waals surface area (Å²) in [5, 5.41) is 0. The van der Waals surface area contributed by atoms with Gasteiger partial charge in [-0.15, -0.1) is 0 Å². The number of anilines is 1. The van der Waals surface area contributed by atoms with Gasteiger partial charge in [0.2, 0.25) is 6.41 Å². The van der Waals surface area contributed by atoms with Gasteiger partial charge in [-0.3, -0.25) is 9.69 Å². The van der Waals surface area contributed by atoms with Gasteiger partial charge >= 0.3 is 6.09 Å². The molecule has 1 fully saturated rings. The van der Waals surface area contributed by atoms with Crippen molar-refractivity contribution < 1.29 is 14.3 Å². The Morgan fingerprint density at radius 2 is 2.17 bits per heavy atom. The second-order valence-corrected chi connectivity index (χ2v) is 7.36. The van der Waals surface area contributed by atoms with E-state index in [0.29, 0.717) is 5.82 Å². The SMILES string of the molecule is CC(C)N(C(=O)OC(C)(C)C)c1ncccc1[C@@H]1CCCN1C=O. The fraction of sp³-hybridized carbons (Fsp3) is 0.611. The van der Waals surface area contributed by atoms with Gasteiger partial charge in [-0.1, -0.05) is 6.07 Å². The zero-order valence-corrected chi connectivity index (χ0v) is 15.2. The number of rotatable bonds is 4. The van der Waals surface area contributed by atoms with E-state index >= 15 is 0 Å². The molecule has 1 aromatic heterocycles. The van der Waals surface area contributed by atoms with Gasteiger partial charge in [0, 0.05) is 24.3 Å². The largest absolute Gasteiger partial charge is 0.443 e. The van der Waals surface area contributed by atoms with Crippen LogP contribution >= 0.6 is 0 Å². The molecule has 6 heteroatoms. The molecule has 0 spiro atoms. The summed E-state index contributed by atoms with van der Waals surface area (Å²) in [5.74, 6) is 0.570. The Morgan fingerprint density at radius 3 is 2.75 bits per heavy atom. The lowest BCUT2D eigenvalue weighted by Gasteiger charge is -2.32. The maximum absolute atomic E-state index is 12.7. The summed E-state index contributed by atoms with van der Waals surface area (Å²) < 4.78 is 5.55. The summed E-state index contributed by atoms with van der Waals surface area (Å²) in [7, 11) is 0. The standard InChI is InChI=1S/C18H27N3O3/c1-13(2)21(17(23)24-18(3,4)5)16-14(8-6-10-19-16)15-9-7-11-20(15)12-22/h6,8,10,12-13,15H,7,9,11H2,1-5H3/t15-/m0/s1. The molecule has 6 nitrogen and oxygen atoms in total. The third-order valence-electron chi connectivity index (χ3n) is 3.94. The lowest BCUT2D eigenvalue weighted by Crippen LogP contribution is -2.42. The Kier molecular flexibility index (Phi) is 5.47. The van der Waals surface area contributed by atoms with Crippen molar-refractivity contribution in [3.05, 3.63) is 23.9 Å². The minimum absolute atomic E-state index is 0.0464. The fourth-order valence-corrected chi connectivity index (χ4v) is 2.97. The third kappa shape index (κ3) is 4.04. The van der Waals surface area contributed by atoms with Crippen molar-refractivity contribution in [2.75, 3.05) is 11.4 Å². The summed E-state index contributed by atoms with van der Waals surface area (Å²) in [6.45, 7) is 10.1. The molecular formula is C18H27N3O3. The molecule has 2 amide bonds. The number of aromatic nitrogens is 1. The predicted molar refractivity (Wildman–Crippen MR) is 92.8 cm³/mol. The number of carbonyl (C=O) groups is 2. The van der Waals surface area contributed by atoms with Crippen molar-refractivity contribution in [1.82, 2.24) is 9.88 Å². The van der Waals surface area contributed by atoms with Gasteiger partial charge in [-0.2, -0.15) is 0 Å². The van der Waals surface area contributed by atoms with Gasteiger partial charge < -0.3 is 9.64 Å². The number of carbonyl (C=O) groups excluding carboxylic acids is 2. The number of nitrogens with zero attached hydrogens (tertiary/aromatic N) is 3. The number of ether oxygens (including phenoxy) is 1. The van der Waals surface area contributed by atoms with E-state index in [9.17, 15) is 9.59 Å². The third-order valence-corrected chi connectivity index (χ3v) is 3.94. The Labute approximate surface area is 143 Å².